The topological polar surface area (TPSA) is 259 Å². The maximum Gasteiger partial charge on any atom is 0.295 e. The maximum atomic E-state index is 13.5. The van der Waals surface area contributed by atoms with E-state index in [1.165, 1.54) is 60.9 Å². The summed E-state index contributed by atoms with van der Waals surface area (Å²) in [4.78, 5) is 34.1. The lowest BCUT2D eigenvalue weighted by Gasteiger charge is -2.09. The Morgan fingerprint density at radius 3 is 1.25 bits per heavy atom. The number of rotatable bonds is 12. The minimum absolute atomic E-state index is 0.0743. The summed E-state index contributed by atoms with van der Waals surface area (Å²) < 4.78 is 70.8. The first-order valence-electron chi connectivity index (χ1n) is 18.8. The highest BCUT2D eigenvalue weighted by Crippen LogP contribution is 2.40. The molecule has 0 spiro atoms. The summed E-state index contributed by atoms with van der Waals surface area (Å²) in [5.41, 5.74) is 0.488. The Balaban J connectivity index is 1.10. The van der Waals surface area contributed by atoms with Gasteiger partial charge < -0.3 is 10.2 Å². The third-order valence-electron chi connectivity index (χ3n) is 9.79. The molecule has 8 aromatic rings. The molecule has 16 nitrogen and oxygen atoms in total. The average molecular weight is 891 g/mol. The van der Waals surface area contributed by atoms with Crippen molar-refractivity contribution in [3.63, 3.8) is 0 Å². The van der Waals surface area contributed by atoms with Crippen LogP contribution in [-0.2, 0) is 20.2 Å². The maximum absolute atomic E-state index is 13.5. The molecule has 316 valence electrons. The van der Waals surface area contributed by atoms with Crippen LogP contribution in [0.25, 0.3) is 34.0 Å². The van der Waals surface area contributed by atoms with Gasteiger partial charge in [0.1, 0.15) is 32.2 Å². The highest BCUT2D eigenvalue weighted by molar-refractivity contribution is 7.86. The van der Waals surface area contributed by atoms with Crippen LogP contribution in [0.2, 0.25) is 0 Å². The molecule has 2 aromatic heterocycles. The second-order valence-corrected chi connectivity index (χ2v) is 16.7. The van der Waals surface area contributed by atoms with Crippen molar-refractivity contribution in [1.82, 2.24) is 9.97 Å². The highest BCUT2D eigenvalue weighted by Gasteiger charge is 2.22. The number of aromatic nitrogens is 2. The van der Waals surface area contributed by atoms with Crippen molar-refractivity contribution in [2.45, 2.75) is 9.79 Å². The van der Waals surface area contributed by atoms with Gasteiger partial charge in [-0.25, -0.2) is 0 Å². The second-order valence-electron chi connectivity index (χ2n) is 13.9. The number of benzene rings is 6. The fourth-order valence-corrected chi connectivity index (χ4v) is 8.15. The molecule has 0 aliphatic heterocycles. The number of hydrogen-bond acceptors (Lipinski definition) is 14. The van der Waals surface area contributed by atoms with Crippen LogP contribution in [0.3, 0.4) is 0 Å². The van der Waals surface area contributed by atoms with E-state index in [1.54, 1.807) is 84.9 Å². The summed E-state index contributed by atoms with van der Waals surface area (Å²) in [6.07, 6.45) is 5.19. The van der Waals surface area contributed by atoms with Crippen molar-refractivity contribution in [1.29, 1.82) is 0 Å². The summed E-state index contributed by atoms with van der Waals surface area (Å²) >= 11 is 0. The molecule has 64 heavy (non-hydrogen) atoms. The van der Waals surface area contributed by atoms with E-state index in [0.29, 0.717) is 21.9 Å². The SMILES string of the molecule is O=C(c1ccccc1)c1cc(N=Nc2ccc(/C=C/c3ccc(N=Nc4cc(C(=O)c5ccccc5)c5cccnc5c4O)cc3S(=O)(=O)O)c(S(=O)(=O)O)c2)c(O)c2ncccc12. The molecule has 0 unspecified atom stereocenters. The molecule has 0 atom stereocenters. The molecule has 0 aliphatic rings. The molecule has 0 radical (unpaired) electrons. The molecule has 2 heterocycles. The van der Waals surface area contributed by atoms with Crippen LogP contribution in [0.4, 0.5) is 22.7 Å². The van der Waals surface area contributed by atoms with Gasteiger partial charge in [0.05, 0.1) is 11.4 Å². The number of hydrogen-bond donors (Lipinski definition) is 4. The standard InChI is InChI=1S/C46H30N6O10S2/c53-43(29-9-3-1-4-10-29)35-25-37(45(55)41-33(35)13-7-21-47-41)51-49-31-19-17-27(39(23-31)63(57,58)59)15-16-28-18-20-32(24-40(28)64(60,61)62)50-52-38-26-36(44(54)30-11-5-2-6-12-30)34-14-8-22-48-42(34)46(38)56/h1-26,55-56H,(H,57,58,59)(H,60,61,62)/b16-15+,51-49?,52-50?. The van der Waals surface area contributed by atoms with Crippen LogP contribution in [-0.4, -0.2) is 57.7 Å². The monoisotopic (exact) mass is 890 g/mol. The lowest BCUT2D eigenvalue weighted by Crippen LogP contribution is -2.02. The van der Waals surface area contributed by atoms with E-state index in [4.69, 9.17) is 0 Å². The number of fused-ring (bicyclic) bond motifs is 2. The normalized spacial score (nSPS) is 12.2. The van der Waals surface area contributed by atoms with Gasteiger partial charge in [-0.15, -0.1) is 10.2 Å². The summed E-state index contributed by atoms with van der Waals surface area (Å²) in [5.74, 6) is -1.53. The molecule has 8 rings (SSSR count). The van der Waals surface area contributed by atoms with Gasteiger partial charge in [-0.1, -0.05) is 97.1 Å². The van der Waals surface area contributed by atoms with E-state index >= 15 is 0 Å². The minimum atomic E-state index is -4.95. The van der Waals surface area contributed by atoms with Crippen LogP contribution in [0.15, 0.2) is 176 Å². The molecule has 18 heteroatoms. The molecule has 0 amide bonds. The number of carbonyl (C=O) groups excluding carboxylic acids is 2. The van der Waals surface area contributed by atoms with E-state index in [0.717, 1.165) is 12.1 Å². The lowest BCUT2D eigenvalue weighted by molar-refractivity contribution is 0.103. The van der Waals surface area contributed by atoms with Crippen LogP contribution in [0, 0.1) is 0 Å². The molecular formula is C46H30N6O10S2. The van der Waals surface area contributed by atoms with E-state index in [2.05, 4.69) is 30.4 Å². The van der Waals surface area contributed by atoms with E-state index in [9.17, 15) is 45.7 Å². The zero-order chi connectivity index (χ0) is 45.2. The molecule has 0 fully saturated rings. The lowest BCUT2D eigenvalue weighted by atomic mass is 9.98. The first-order valence-corrected chi connectivity index (χ1v) is 21.7. The van der Waals surface area contributed by atoms with Crippen LogP contribution >= 0.6 is 0 Å². The minimum Gasteiger partial charge on any atom is -0.504 e. The molecular weight excluding hydrogens is 861 g/mol. The molecule has 0 bridgehead atoms. The van der Waals surface area contributed by atoms with Gasteiger partial charge in [0.25, 0.3) is 20.2 Å². The summed E-state index contributed by atoms with van der Waals surface area (Å²) in [6.45, 7) is 0. The van der Waals surface area contributed by atoms with Gasteiger partial charge in [-0.2, -0.15) is 27.1 Å². The largest absolute Gasteiger partial charge is 0.504 e. The third-order valence-corrected chi connectivity index (χ3v) is 11.6. The van der Waals surface area contributed by atoms with Crippen molar-refractivity contribution in [2.24, 2.45) is 20.5 Å². The molecule has 0 saturated carbocycles. The van der Waals surface area contributed by atoms with Crippen molar-refractivity contribution >= 4 is 88.5 Å². The van der Waals surface area contributed by atoms with Crippen LogP contribution < -0.4 is 0 Å². The van der Waals surface area contributed by atoms with Crippen molar-refractivity contribution in [2.75, 3.05) is 0 Å². The number of nitrogens with zero attached hydrogens (tertiary/aromatic N) is 6. The van der Waals surface area contributed by atoms with Crippen molar-refractivity contribution < 1.29 is 45.7 Å². The highest BCUT2D eigenvalue weighted by atomic mass is 32.2. The van der Waals surface area contributed by atoms with Gasteiger partial charge >= 0.3 is 0 Å². The van der Waals surface area contributed by atoms with Crippen molar-refractivity contribution in [3.8, 4) is 11.5 Å². The van der Waals surface area contributed by atoms with Gasteiger partial charge in [-0.3, -0.25) is 28.7 Å². The molecule has 4 N–H and O–H groups in total. The Morgan fingerprint density at radius 2 is 0.875 bits per heavy atom. The summed E-state index contributed by atoms with van der Waals surface area (Å²) in [6, 6.07) is 33.0. The van der Waals surface area contributed by atoms with Gasteiger partial charge in [-0.05, 0) is 59.7 Å². The summed E-state index contributed by atoms with van der Waals surface area (Å²) in [5, 5.41) is 39.0. The number of ketones is 2. The number of azo groups is 2. The number of phenolic OH excluding ortho intramolecular Hbond substituents is 2. The van der Waals surface area contributed by atoms with Crippen molar-refractivity contribution in [3.05, 3.63) is 179 Å². The van der Waals surface area contributed by atoms with E-state index < -0.39 is 41.5 Å². The first kappa shape index (κ1) is 42.5. The number of aromatic hydroxyl groups is 2. The smallest absolute Gasteiger partial charge is 0.295 e. The number of pyridine rings is 2. The Labute approximate surface area is 363 Å². The molecule has 0 saturated heterocycles. The predicted octanol–water partition coefficient (Wildman–Crippen LogP) is 10.2. The zero-order valence-electron chi connectivity index (χ0n) is 32.7. The average Bonchev–Trinajstić information content (AvgIpc) is 3.30. The molecule has 0 aliphatic carbocycles. The van der Waals surface area contributed by atoms with Gasteiger partial charge in [0.15, 0.2) is 23.1 Å². The first-order chi connectivity index (χ1) is 30.7. The third kappa shape index (κ3) is 8.78. The van der Waals surface area contributed by atoms with Crippen LogP contribution in [0.1, 0.15) is 43.0 Å². The number of carbonyl (C=O) groups is 2. The van der Waals surface area contributed by atoms with E-state index in [1.807, 2.05) is 0 Å². The quantitative estimate of drug-likeness (QED) is 0.0386. The fraction of sp³-hybridized carbons (Fsp3) is 0. The Morgan fingerprint density at radius 1 is 0.484 bits per heavy atom. The fourth-order valence-electron chi connectivity index (χ4n) is 6.74. The Hall–Kier alpha value is -8.16. The molecule has 6 aromatic carbocycles. The number of phenols is 2. The van der Waals surface area contributed by atoms with E-state index in [-0.39, 0.29) is 67.6 Å². The van der Waals surface area contributed by atoms with Gasteiger partial charge in [0.2, 0.25) is 0 Å². The second kappa shape index (κ2) is 17.3. The zero-order valence-corrected chi connectivity index (χ0v) is 34.4. The Kier molecular flexibility index (Phi) is 11.5. The summed E-state index contributed by atoms with van der Waals surface area (Å²) in [7, 11) is -9.90. The van der Waals surface area contributed by atoms with Gasteiger partial charge in [0, 0.05) is 45.4 Å². The Bertz CT molecular complexity index is 3280. The predicted molar refractivity (Wildman–Crippen MR) is 236 cm³/mol. The van der Waals surface area contributed by atoms with Crippen LogP contribution in [0.5, 0.6) is 11.5 Å².